The molecule has 1 saturated heterocycles. The second-order valence-corrected chi connectivity index (χ2v) is 8.77. The Bertz CT molecular complexity index is 1320. The first-order valence-electron chi connectivity index (χ1n) is 12.1. The summed E-state index contributed by atoms with van der Waals surface area (Å²) in [6.45, 7) is 5.37. The van der Waals surface area contributed by atoms with Crippen molar-refractivity contribution in [2.24, 2.45) is 0 Å². The fraction of sp³-hybridized carbons (Fsp3) is 0.207. The summed E-state index contributed by atoms with van der Waals surface area (Å²) in [6.07, 6.45) is 2.09. The van der Waals surface area contributed by atoms with Crippen LogP contribution in [-0.2, 0) is 16.0 Å². The number of nitrogens with one attached hydrogen (secondary N) is 2. The van der Waals surface area contributed by atoms with Gasteiger partial charge in [-0.1, -0.05) is 36.4 Å². The van der Waals surface area contributed by atoms with Crippen LogP contribution < -0.4 is 15.5 Å². The normalized spacial score (nSPS) is 13.3. The highest BCUT2D eigenvalue weighted by Crippen LogP contribution is 2.23. The predicted octanol–water partition coefficient (Wildman–Crippen LogP) is 5.21. The number of morpholine rings is 1. The number of ether oxygens (including phenoxy) is 1. The monoisotopic (exact) mass is 479 g/mol. The van der Waals surface area contributed by atoms with Crippen molar-refractivity contribution < 1.29 is 9.53 Å². The molecule has 0 unspecified atom stereocenters. The highest BCUT2D eigenvalue weighted by atomic mass is 16.5. The van der Waals surface area contributed by atoms with Gasteiger partial charge >= 0.3 is 0 Å². The van der Waals surface area contributed by atoms with Crippen molar-refractivity contribution in [2.45, 2.75) is 13.3 Å². The Labute approximate surface area is 211 Å². The molecule has 2 N–H and O–H groups in total. The Morgan fingerprint density at radius 1 is 0.917 bits per heavy atom. The van der Waals surface area contributed by atoms with Gasteiger partial charge in [-0.15, -0.1) is 0 Å². The standard InChI is InChI=1S/C29H29N5O2/c1-21-4-2-3-5-23(21)20-28(35)31-24-8-6-22(7-9-24)27-14-15-30-29(33-27)32-25-10-12-26(13-11-25)34-16-18-36-19-17-34/h2-15H,16-20H2,1H3,(H,31,35)(H,30,32,33). The van der Waals surface area contributed by atoms with Crippen molar-refractivity contribution >= 4 is 28.9 Å². The van der Waals surface area contributed by atoms with E-state index in [1.807, 2.05) is 73.7 Å². The first-order valence-corrected chi connectivity index (χ1v) is 12.1. The molecule has 36 heavy (non-hydrogen) atoms. The summed E-state index contributed by atoms with van der Waals surface area (Å²) in [6, 6.07) is 25.8. The molecule has 1 fully saturated rings. The average Bonchev–Trinajstić information content (AvgIpc) is 2.91. The second-order valence-electron chi connectivity index (χ2n) is 8.77. The maximum absolute atomic E-state index is 12.5. The van der Waals surface area contributed by atoms with Gasteiger partial charge in [-0.2, -0.15) is 0 Å². The number of carbonyl (C=O) groups excluding carboxylic acids is 1. The van der Waals surface area contributed by atoms with Gasteiger partial charge in [0, 0.05) is 41.9 Å². The van der Waals surface area contributed by atoms with Gasteiger partial charge in [0.2, 0.25) is 11.9 Å². The Hall–Kier alpha value is -4.23. The van der Waals surface area contributed by atoms with Crippen molar-refractivity contribution in [1.29, 1.82) is 0 Å². The Morgan fingerprint density at radius 2 is 1.64 bits per heavy atom. The number of anilines is 4. The molecule has 0 atom stereocenters. The predicted molar refractivity (Wildman–Crippen MR) is 144 cm³/mol. The molecule has 0 bridgehead atoms. The molecule has 2 heterocycles. The third kappa shape index (κ3) is 5.87. The molecular weight excluding hydrogens is 450 g/mol. The molecule has 3 aromatic carbocycles. The van der Waals surface area contributed by atoms with E-state index in [1.54, 1.807) is 6.20 Å². The number of hydrogen-bond acceptors (Lipinski definition) is 6. The van der Waals surface area contributed by atoms with E-state index in [4.69, 9.17) is 4.74 Å². The number of rotatable bonds is 7. The van der Waals surface area contributed by atoms with Gasteiger partial charge in [-0.25, -0.2) is 9.97 Å². The van der Waals surface area contributed by atoms with E-state index in [0.717, 1.165) is 60.1 Å². The molecule has 0 saturated carbocycles. The number of aryl methyl sites for hydroxylation is 1. The lowest BCUT2D eigenvalue weighted by Gasteiger charge is -2.28. The van der Waals surface area contributed by atoms with Gasteiger partial charge in [0.25, 0.3) is 0 Å². The molecule has 4 aromatic rings. The summed E-state index contributed by atoms with van der Waals surface area (Å²) in [7, 11) is 0. The molecular formula is C29H29N5O2. The number of amides is 1. The van der Waals surface area contributed by atoms with E-state index in [0.29, 0.717) is 12.4 Å². The van der Waals surface area contributed by atoms with Crippen molar-refractivity contribution in [1.82, 2.24) is 9.97 Å². The largest absolute Gasteiger partial charge is 0.378 e. The molecule has 1 aliphatic heterocycles. The van der Waals surface area contributed by atoms with Crippen LogP contribution in [0.1, 0.15) is 11.1 Å². The minimum Gasteiger partial charge on any atom is -0.378 e. The fourth-order valence-electron chi connectivity index (χ4n) is 4.20. The lowest BCUT2D eigenvalue weighted by molar-refractivity contribution is -0.115. The summed E-state index contributed by atoms with van der Waals surface area (Å²) in [4.78, 5) is 23.8. The van der Waals surface area contributed by atoms with Gasteiger partial charge in [-0.3, -0.25) is 4.79 Å². The van der Waals surface area contributed by atoms with Crippen LogP contribution in [0, 0.1) is 6.92 Å². The SMILES string of the molecule is Cc1ccccc1CC(=O)Nc1ccc(-c2ccnc(Nc3ccc(N4CCOCC4)cc3)n2)cc1. The van der Waals surface area contributed by atoms with Crippen LogP contribution in [-0.4, -0.2) is 42.2 Å². The van der Waals surface area contributed by atoms with Crippen molar-refractivity contribution in [2.75, 3.05) is 41.8 Å². The summed E-state index contributed by atoms with van der Waals surface area (Å²) < 4.78 is 5.43. The van der Waals surface area contributed by atoms with Crippen LogP contribution in [0.4, 0.5) is 23.0 Å². The molecule has 1 aliphatic rings. The third-order valence-electron chi connectivity index (χ3n) is 6.23. The molecule has 1 amide bonds. The Morgan fingerprint density at radius 3 is 2.39 bits per heavy atom. The van der Waals surface area contributed by atoms with Crippen LogP contribution in [0.3, 0.4) is 0 Å². The van der Waals surface area contributed by atoms with E-state index in [9.17, 15) is 4.79 Å². The zero-order valence-corrected chi connectivity index (χ0v) is 20.3. The summed E-state index contributed by atoms with van der Waals surface area (Å²) >= 11 is 0. The Balaban J connectivity index is 1.21. The molecule has 1 aromatic heterocycles. The van der Waals surface area contributed by atoms with E-state index >= 15 is 0 Å². The first-order chi connectivity index (χ1) is 17.6. The number of nitrogens with zero attached hydrogens (tertiary/aromatic N) is 3. The van der Waals surface area contributed by atoms with E-state index in [2.05, 4.69) is 37.6 Å². The maximum Gasteiger partial charge on any atom is 0.228 e. The summed E-state index contributed by atoms with van der Waals surface area (Å²) in [5.41, 5.74) is 6.76. The molecule has 7 nitrogen and oxygen atoms in total. The van der Waals surface area contributed by atoms with Gasteiger partial charge in [0.05, 0.1) is 25.3 Å². The van der Waals surface area contributed by atoms with Crippen LogP contribution in [0.15, 0.2) is 85.1 Å². The number of carbonyl (C=O) groups is 1. The van der Waals surface area contributed by atoms with Gasteiger partial charge < -0.3 is 20.3 Å². The molecule has 0 spiro atoms. The topological polar surface area (TPSA) is 79.4 Å². The first kappa shape index (κ1) is 23.5. The van der Waals surface area contributed by atoms with Gasteiger partial charge in [0.1, 0.15) is 0 Å². The third-order valence-corrected chi connectivity index (χ3v) is 6.23. The number of hydrogen-bond donors (Lipinski definition) is 2. The molecule has 182 valence electrons. The number of aromatic nitrogens is 2. The minimum atomic E-state index is -0.0368. The van der Waals surface area contributed by atoms with E-state index in [1.165, 1.54) is 5.69 Å². The quantitative estimate of drug-likeness (QED) is 0.379. The van der Waals surface area contributed by atoms with Gasteiger partial charge in [0.15, 0.2) is 0 Å². The summed E-state index contributed by atoms with van der Waals surface area (Å²) in [5.74, 6) is 0.493. The molecule has 0 aliphatic carbocycles. The van der Waals surface area contributed by atoms with Crippen molar-refractivity contribution in [3.63, 3.8) is 0 Å². The lowest BCUT2D eigenvalue weighted by atomic mass is 10.1. The molecule has 0 radical (unpaired) electrons. The zero-order chi connectivity index (χ0) is 24.7. The van der Waals surface area contributed by atoms with Crippen molar-refractivity contribution in [3.8, 4) is 11.3 Å². The average molecular weight is 480 g/mol. The smallest absolute Gasteiger partial charge is 0.228 e. The lowest BCUT2D eigenvalue weighted by Crippen LogP contribution is -2.36. The fourth-order valence-corrected chi connectivity index (χ4v) is 4.20. The van der Waals surface area contributed by atoms with Gasteiger partial charge in [-0.05, 0) is 60.5 Å². The Kier molecular flexibility index (Phi) is 7.19. The maximum atomic E-state index is 12.5. The van der Waals surface area contributed by atoms with E-state index < -0.39 is 0 Å². The van der Waals surface area contributed by atoms with Crippen molar-refractivity contribution in [3.05, 3.63) is 96.2 Å². The van der Waals surface area contributed by atoms with Crippen LogP contribution >= 0.6 is 0 Å². The zero-order valence-electron chi connectivity index (χ0n) is 20.3. The minimum absolute atomic E-state index is 0.0368. The van der Waals surface area contributed by atoms with Crippen LogP contribution in [0.2, 0.25) is 0 Å². The van der Waals surface area contributed by atoms with E-state index in [-0.39, 0.29) is 5.91 Å². The molecule has 5 rings (SSSR count). The number of benzene rings is 3. The second kappa shape index (κ2) is 11.0. The summed E-state index contributed by atoms with van der Waals surface area (Å²) in [5, 5.41) is 6.26. The molecule has 7 heteroatoms. The highest BCUT2D eigenvalue weighted by molar-refractivity contribution is 5.92. The highest BCUT2D eigenvalue weighted by Gasteiger charge is 2.11. The van der Waals surface area contributed by atoms with Crippen LogP contribution in [0.5, 0.6) is 0 Å². The van der Waals surface area contributed by atoms with Crippen LogP contribution in [0.25, 0.3) is 11.3 Å².